The zero-order valence-electron chi connectivity index (χ0n) is 9.61. The number of nitrogens with one attached hydrogen (secondary N) is 1. The number of carbonyl (C=O) groups excluding carboxylic acids is 1. The largest absolute Gasteiger partial charge is 0.481 e. The Bertz CT molecular complexity index is 468. The van der Waals surface area contributed by atoms with Gasteiger partial charge in [0.1, 0.15) is 5.82 Å². The SMILES string of the molecule is CN(CCC(=O)O)C(=O)Nc1ccc(F)c(Cl)c1. The van der Waals surface area contributed by atoms with E-state index in [1.54, 1.807) is 0 Å². The third-order valence-corrected chi connectivity index (χ3v) is 2.47. The smallest absolute Gasteiger partial charge is 0.321 e. The van der Waals surface area contributed by atoms with Gasteiger partial charge in [0, 0.05) is 19.3 Å². The van der Waals surface area contributed by atoms with Crippen LogP contribution in [-0.4, -0.2) is 35.6 Å². The second kappa shape index (κ2) is 6.20. The Balaban J connectivity index is 2.58. The van der Waals surface area contributed by atoms with Crippen molar-refractivity contribution in [2.75, 3.05) is 18.9 Å². The molecule has 0 fully saturated rings. The van der Waals surface area contributed by atoms with Gasteiger partial charge in [0.25, 0.3) is 0 Å². The second-order valence-corrected chi connectivity index (χ2v) is 4.03. The van der Waals surface area contributed by atoms with Gasteiger partial charge in [0.15, 0.2) is 0 Å². The number of carboxylic acid groups (broad SMARTS) is 1. The molecule has 1 aromatic carbocycles. The number of amides is 2. The summed E-state index contributed by atoms with van der Waals surface area (Å²) in [6.45, 7) is 0.0795. The maximum absolute atomic E-state index is 12.9. The molecule has 2 N–H and O–H groups in total. The summed E-state index contributed by atoms with van der Waals surface area (Å²) < 4.78 is 12.9. The summed E-state index contributed by atoms with van der Waals surface area (Å²) in [5, 5.41) is 10.9. The van der Waals surface area contributed by atoms with Crippen molar-refractivity contribution in [3.05, 3.63) is 29.0 Å². The summed E-state index contributed by atoms with van der Waals surface area (Å²) in [5.74, 6) is -1.56. The Labute approximate surface area is 108 Å². The Kier molecular flexibility index (Phi) is 4.91. The van der Waals surface area contributed by atoms with Gasteiger partial charge in [-0.2, -0.15) is 0 Å². The number of anilines is 1. The first-order valence-corrected chi connectivity index (χ1v) is 5.47. The Morgan fingerprint density at radius 2 is 2.17 bits per heavy atom. The van der Waals surface area contributed by atoms with Crippen LogP contribution in [0.4, 0.5) is 14.9 Å². The highest BCUT2D eigenvalue weighted by Gasteiger charge is 2.11. The summed E-state index contributed by atoms with van der Waals surface area (Å²) in [6, 6.07) is 3.29. The van der Waals surface area contributed by atoms with Crippen LogP contribution < -0.4 is 5.32 Å². The molecule has 0 spiro atoms. The highest BCUT2D eigenvalue weighted by atomic mass is 35.5. The number of carboxylic acids is 1. The van der Waals surface area contributed by atoms with Crippen LogP contribution in [0.25, 0.3) is 0 Å². The summed E-state index contributed by atoms with van der Waals surface area (Å²) in [5.41, 5.74) is 0.341. The molecule has 5 nitrogen and oxygen atoms in total. The Morgan fingerprint density at radius 1 is 1.50 bits per heavy atom. The maximum Gasteiger partial charge on any atom is 0.321 e. The van der Waals surface area contributed by atoms with Gasteiger partial charge >= 0.3 is 12.0 Å². The average molecular weight is 275 g/mol. The van der Waals surface area contributed by atoms with E-state index in [9.17, 15) is 14.0 Å². The molecule has 18 heavy (non-hydrogen) atoms. The van der Waals surface area contributed by atoms with Crippen LogP contribution in [0.2, 0.25) is 5.02 Å². The molecule has 0 unspecified atom stereocenters. The van der Waals surface area contributed by atoms with Crippen LogP contribution in [-0.2, 0) is 4.79 Å². The van der Waals surface area contributed by atoms with Crippen molar-refractivity contribution in [3.63, 3.8) is 0 Å². The molecular weight excluding hydrogens is 263 g/mol. The van der Waals surface area contributed by atoms with Crippen molar-refractivity contribution in [2.45, 2.75) is 6.42 Å². The molecule has 1 aromatic rings. The van der Waals surface area contributed by atoms with Crippen LogP contribution in [0.5, 0.6) is 0 Å². The van der Waals surface area contributed by atoms with E-state index in [0.717, 1.165) is 6.07 Å². The molecule has 0 aliphatic carbocycles. The third kappa shape index (κ3) is 4.21. The van der Waals surface area contributed by atoms with Crippen LogP contribution in [0.3, 0.4) is 0 Å². The van der Waals surface area contributed by atoms with Gasteiger partial charge in [-0.05, 0) is 18.2 Å². The topological polar surface area (TPSA) is 69.6 Å². The molecule has 0 bridgehead atoms. The molecule has 0 aliphatic rings. The molecule has 7 heteroatoms. The lowest BCUT2D eigenvalue weighted by molar-refractivity contribution is -0.137. The highest BCUT2D eigenvalue weighted by Crippen LogP contribution is 2.19. The number of carbonyl (C=O) groups is 2. The normalized spacial score (nSPS) is 9.94. The minimum absolute atomic E-state index is 0.0795. The molecule has 0 heterocycles. The van der Waals surface area contributed by atoms with Crippen molar-refractivity contribution in [2.24, 2.45) is 0 Å². The van der Waals surface area contributed by atoms with E-state index >= 15 is 0 Å². The van der Waals surface area contributed by atoms with Crippen molar-refractivity contribution in [1.82, 2.24) is 4.90 Å². The number of urea groups is 1. The van der Waals surface area contributed by atoms with Crippen LogP contribution in [0, 0.1) is 5.82 Å². The summed E-state index contributed by atoms with van der Waals surface area (Å²) >= 11 is 5.56. The Hall–Kier alpha value is -1.82. The van der Waals surface area contributed by atoms with Crippen molar-refractivity contribution in [3.8, 4) is 0 Å². The molecule has 0 saturated heterocycles. The standard InChI is InChI=1S/C11H12ClFN2O3/c1-15(5-4-10(16)17)11(18)14-7-2-3-9(13)8(12)6-7/h2-3,6H,4-5H2,1H3,(H,14,18)(H,16,17). The minimum Gasteiger partial charge on any atom is -0.481 e. The number of benzene rings is 1. The van der Waals surface area contributed by atoms with E-state index in [4.69, 9.17) is 16.7 Å². The fourth-order valence-corrected chi connectivity index (χ4v) is 1.34. The molecule has 2 amide bonds. The summed E-state index contributed by atoms with van der Waals surface area (Å²) in [4.78, 5) is 23.2. The van der Waals surface area contributed by atoms with Crippen molar-refractivity contribution >= 4 is 29.3 Å². The molecule has 0 aliphatic heterocycles. The molecule has 1 rings (SSSR count). The molecule has 0 atom stereocenters. The van der Waals surface area contributed by atoms with E-state index < -0.39 is 17.8 Å². The van der Waals surface area contributed by atoms with E-state index in [1.807, 2.05) is 0 Å². The van der Waals surface area contributed by atoms with Gasteiger partial charge in [-0.1, -0.05) is 11.6 Å². The molecule has 0 aromatic heterocycles. The number of hydrogen-bond acceptors (Lipinski definition) is 2. The van der Waals surface area contributed by atoms with Crippen molar-refractivity contribution in [1.29, 1.82) is 0 Å². The first-order chi connectivity index (χ1) is 8.40. The predicted molar refractivity (Wildman–Crippen MR) is 65.3 cm³/mol. The molecular formula is C11H12ClFN2O3. The number of hydrogen-bond donors (Lipinski definition) is 2. The van der Waals surface area contributed by atoms with Gasteiger partial charge in [-0.15, -0.1) is 0 Å². The van der Waals surface area contributed by atoms with Gasteiger partial charge in [0.2, 0.25) is 0 Å². The lowest BCUT2D eigenvalue weighted by Crippen LogP contribution is -2.33. The van der Waals surface area contributed by atoms with Gasteiger partial charge in [-0.25, -0.2) is 9.18 Å². The highest BCUT2D eigenvalue weighted by molar-refractivity contribution is 6.31. The zero-order valence-corrected chi connectivity index (χ0v) is 10.4. The Morgan fingerprint density at radius 3 is 2.72 bits per heavy atom. The number of nitrogens with zero attached hydrogens (tertiary/aromatic N) is 1. The van der Waals surface area contributed by atoms with Crippen LogP contribution in [0.1, 0.15) is 6.42 Å². The second-order valence-electron chi connectivity index (χ2n) is 3.62. The fourth-order valence-electron chi connectivity index (χ4n) is 1.16. The lowest BCUT2D eigenvalue weighted by Gasteiger charge is -2.17. The predicted octanol–water partition coefficient (Wildman–Crippen LogP) is 2.42. The zero-order chi connectivity index (χ0) is 13.7. The van der Waals surface area contributed by atoms with Gasteiger partial charge < -0.3 is 15.3 Å². The van der Waals surface area contributed by atoms with Crippen LogP contribution in [0.15, 0.2) is 18.2 Å². The monoisotopic (exact) mass is 274 g/mol. The summed E-state index contributed by atoms with van der Waals surface area (Å²) in [7, 11) is 1.46. The third-order valence-electron chi connectivity index (χ3n) is 2.18. The van der Waals surface area contributed by atoms with E-state index in [0.29, 0.717) is 5.69 Å². The first-order valence-electron chi connectivity index (χ1n) is 5.09. The first kappa shape index (κ1) is 14.2. The number of halogens is 2. The number of aliphatic carboxylic acids is 1. The van der Waals surface area contributed by atoms with Gasteiger partial charge in [-0.3, -0.25) is 4.79 Å². The summed E-state index contributed by atoms with van der Waals surface area (Å²) in [6.07, 6.45) is -0.145. The van der Waals surface area contributed by atoms with Crippen LogP contribution >= 0.6 is 11.6 Å². The minimum atomic E-state index is -0.987. The van der Waals surface area contributed by atoms with Crippen molar-refractivity contribution < 1.29 is 19.1 Å². The molecule has 0 saturated carbocycles. The van der Waals surface area contributed by atoms with E-state index in [2.05, 4.69) is 5.32 Å². The quantitative estimate of drug-likeness (QED) is 0.886. The van der Waals surface area contributed by atoms with E-state index in [-0.39, 0.29) is 18.0 Å². The number of rotatable bonds is 4. The maximum atomic E-state index is 12.9. The van der Waals surface area contributed by atoms with Gasteiger partial charge in [0.05, 0.1) is 11.4 Å². The average Bonchev–Trinajstić information content (AvgIpc) is 2.30. The lowest BCUT2D eigenvalue weighted by atomic mass is 10.3. The fraction of sp³-hybridized carbons (Fsp3) is 0.273. The van der Waals surface area contributed by atoms with E-state index in [1.165, 1.54) is 24.1 Å². The molecule has 0 radical (unpaired) electrons. The molecule has 98 valence electrons.